The summed E-state index contributed by atoms with van der Waals surface area (Å²) < 4.78 is 1.48. The van der Waals surface area contributed by atoms with E-state index in [2.05, 4.69) is 15.4 Å². The Morgan fingerprint density at radius 2 is 2.37 bits per heavy atom. The zero-order valence-corrected chi connectivity index (χ0v) is 10.2. The average molecular weight is 262 g/mol. The number of carbonyl (C=O) groups is 1. The van der Waals surface area contributed by atoms with Gasteiger partial charge in [-0.3, -0.25) is 4.68 Å². The normalized spacial score (nSPS) is 20.4. The Balaban J connectivity index is 2.36. The minimum absolute atomic E-state index is 0.325. The van der Waals surface area contributed by atoms with Crippen LogP contribution in [0.5, 0.6) is 0 Å². The number of nitrogen functional groups attached to an aromatic ring is 1. The van der Waals surface area contributed by atoms with Gasteiger partial charge in [0.05, 0.1) is 23.7 Å². The molecule has 1 unspecified atom stereocenters. The van der Waals surface area contributed by atoms with Crippen LogP contribution in [-0.4, -0.2) is 32.7 Å². The topological polar surface area (TPSA) is 132 Å². The van der Waals surface area contributed by atoms with Crippen molar-refractivity contribution in [1.82, 2.24) is 15.1 Å². The number of nitrogens with zero attached hydrogens (tertiary/aromatic N) is 3. The number of rotatable bonds is 2. The number of aliphatic imine (C=N–C) groups is 1. The molecule has 0 saturated heterocycles. The van der Waals surface area contributed by atoms with Crippen molar-refractivity contribution in [2.45, 2.75) is 6.10 Å². The Labute approximate surface area is 109 Å². The number of aliphatic hydroxyl groups is 1. The first kappa shape index (κ1) is 12.8. The van der Waals surface area contributed by atoms with Crippen LogP contribution in [0.4, 0.5) is 16.3 Å². The molecule has 0 spiro atoms. The van der Waals surface area contributed by atoms with Crippen molar-refractivity contribution in [3.05, 3.63) is 30.1 Å². The molecular formula is C11H14N6O2. The molecule has 1 atom stereocenters. The van der Waals surface area contributed by atoms with Crippen LogP contribution < -0.4 is 16.8 Å². The second-order valence-electron chi connectivity index (χ2n) is 3.96. The molecular weight excluding hydrogens is 248 g/mol. The van der Waals surface area contributed by atoms with Crippen molar-refractivity contribution < 1.29 is 9.90 Å². The molecule has 8 heteroatoms. The molecule has 0 bridgehead atoms. The smallest absolute Gasteiger partial charge is 0.316 e. The van der Waals surface area contributed by atoms with Gasteiger partial charge in [-0.1, -0.05) is 6.08 Å². The highest BCUT2D eigenvalue weighted by atomic mass is 16.3. The standard InChI is InChI=1S/C11H14N6O2/c1-17-10(12)9(5-14-17)15-7-3-2-6(18)4-8(7)16-11(13)19/h2-6,18H,12H2,1H3,(H3,13,16,19). The molecule has 19 heavy (non-hydrogen) atoms. The van der Waals surface area contributed by atoms with Crippen LogP contribution >= 0.6 is 0 Å². The van der Waals surface area contributed by atoms with Gasteiger partial charge in [-0.15, -0.1) is 0 Å². The third-order valence-electron chi connectivity index (χ3n) is 2.53. The number of urea groups is 1. The van der Waals surface area contributed by atoms with E-state index in [4.69, 9.17) is 11.5 Å². The molecule has 1 aliphatic rings. The lowest BCUT2D eigenvalue weighted by Crippen LogP contribution is -2.33. The fraction of sp³-hybridized carbons (Fsp3) is 0.182. The number of hydrogen-bond acceptors (Lipinski definition) is 5. The Kier molecular flexibility index (Phi) is 3.34. The van der Waals surface area contributed by atoms with Crippen molar-refractivity contribution >= 4 is 23.2 Å². The van der Waals surface area contributed by atoms with Gasteiger partial charge in [-0.25, -0.2) is 9.79 Å². The van der Waals surface area contributed by atoms with Crippen LogP contribution in [0.15, 0.2) is 35.1 Å². The summed E-state index contributed by atoms with van der Waals surface area (Å²) in [5.41, 5.74) is 12.1. The maximum atomic E-state index is 10.9. The first-order valence-electron chi connectivity index (χ1n) is 5.48. The van der Waals surface area contributed by atoms with Crippen molar-refractivity contribution in [2.24, 2.45) is 17.8 Å². The number of amides is 2. The fourth-order valence-corrected chi connectivity index (χ4v) is 1.58. The first-order valence-corrected chi connectivity index (χ1v) is 5.48. The average Bonchev–Trinajstić information content (AvgIpc) is 2.64. The van der Waals surface area contributed by atoms with E-state index in [9.17, 15) is 9.90 Å². The van der Waals surface area contributed by atoms with Crippen LogP contribution in [0.3, 0.4) is 0 Å². The Morgan fingerprint density at radius 1 is 1.63 bits per heavy atom. The quantitative estimate of drug-likeness (QED) is 0.575. The number of aromatic nitrogens is 2. The van der Waals surface area contributed by atoms with Crippen molar-refractivity contribution in [3.8, 4) is 0 Å². The van der Waals surface area contributed by atoms with Crippen molar-refractivity contribution in [2.75, 3.05) is 5.73 Å². The van der Waals surface area contributed by atoms with E-state index >= 15 is 0 Å². The monoisotopic (exact) mass is 262 g/mol. The molecule has 0 aromatic carbocycles. The predicted molar refractivity (Wildman–Crippen MR) is 70.7 cm³/mol. The number of carbonyl (C=O) groups excluding carboxylic acids is 1. The Hall–Kier alpha value is -2.61. The van der Waals surface area contributed by atoms with Crippen LogP contribution in [0.1, 0.15) is 0 Å². The van der Waals surface area contributed by atoms with E-state index in [1.807, 2.05) is 0 Å². The number of aliphatic hydroxyl groups excluding tert-OH is 1. The molecule has 1 aromatic rings. The van der Waals surface area contributed by atoms with E-state index in [1.165, 1.54) is 23.0 Å². The summed E-state index contributed by atoms with van der Waals surface area (Å²) in [5.74, 6) is 0.394. The third-order valence-corrected chi connectivity index (χ3v) is 2.53. The minimum Gasteiger partial charge on any atom is -0.385 e. The highest BCUT2D eigenvalue weighted by Crippen LogP contribution is 2.22. The van der Waals surface area contributed by atoms with Crippen LogP contribution in [0.2, 0.25) is 0 Å². The second-order valence-corrected chi connectivity index (χ2v) is 3.96. The number of nitrogens with one attached hydrogen (secondary N) is 1. The van der Waals surface area contributed by atoms with E-state index in [0.29, 0.717) is 22.9 Å². The van der Waals surface area contributed by atoms with Gasteiger partial charge in [0.25, 0.3) is 0 Å². The number of aryl methyl sites for hydroxylation is 1. The summed E-state index contributed by atoms with van der Waals surface area (Å²) in [6, 6.07) is -0.736. The van der Waals surface area contributed by atoms with Gasteiger partial charge in [-0.2, -0.15) is 5.10 Å². The molecule has 1 aliphatic carbocycles. The van der Waals surface area contributed by atoms with E-state index < -0.39 is 12.1 Å². The third kappa shape index (κ3) is 2.80. The Bertz CT molecular complexity index is 598. The van der Waals surface area contributed by atoms with Gasteiger partial charge in [0.2, 0.25) is 0 Å². The summed E-state index contributed by atoms with van der Waals surface area (Å²) in [7, 11) is 1.69. The zero-order chi connectivity index (χ0) is 14.0. The van der Waals surface area contributed by atoms with Crippen LogP contribution in [-0.2, 0) is 7.05 Å². The molecule has 2 rings (SSSR count). The van der Waals surface area contributed by atoms with Gasteiger partial charge in [-0.05, 0) is 12.2 Å². The van der Waals surface area contributed by atoms with Gasteiger partial charge in [0.15, 0.2) is 0 Å². The molecule has 8 nitrogen and oxygen atoms in total. The van der Waals surface area contributed by atoms with Gasteiger partial charge in [0, 0.05) is 7.05 Å². The molecule has 0 saturated carbocycles. The Morgan fingerprint density at radius 3 is 2.95 bits per heavy atom. The molecule has 0 aliphatic heterocycles. The van der Waals surface area contributed by atoms with Crippen molar-refractivity contribution in [1.29, 1.82) is 0 Å². The largest absolute Gasteiger partial charge is 0.385 e. The van der Waals surface area contributed by atoms with Crippen LogP contribution in [0, 0.1) is 0 Å². The lowest BCUT2D eigenvalue weighted by molar-refractivity contribution is 0.251. The molecule has 1 aromatic heterocycles. The van der Waals surface area contributed by atoms with Gasteiger partial charge in [0.1, 0.15) is 11.5 Å². The maximum absolute atomic E-state index is 10.9. The molecule has 1 heterocycles. The van der Waals surface area contributed by atoms with E-state index in [0.717, 1.165) is 0 Å². The summed E-state index contributed by atoms with van der Waals surface area (Å²) in [6.45, 7) is 0. The van der Waals surface area contributed by atoms with E-state index in [1.54, 1.807) is 13.1 Å². The SMILES string of the molecule is Cn1ncc(N=C2C=CC(O)C=C2NC(N)=O)c1N. The van der Waals surface area contributed by atoms with Crippen molar-refractivity contribution in [3.63, 3.8) is 0 Å². The summed E-state index contributed by atoms with van der Waals surface area (Å²) >= 11 is 0. The highest BCUT2D eigenvalue weighted by Gasteiger charge is 2.14. The molecule has 0 fully saturated rings. The van der Waals surface area contributed by atoms with Crippen LogP contribution in [0.25, 0.3) is 0 Å². The first-order chi connectivity index (χ1) is 8.97. The number of nitrogens with two attached hydrogens (primary N) is 2. The summed E-state index contributed by atoms with van der Waals surface area (Å²) in [4.78, 5) is 15.2. The molecule has 100 valence electrons. The lowest BCUT2D eigenvalue weighted by Gasteiger charge is -2.14. The highest BCUT2D eigenvalue weighted by molar-refractivity contribution is 6.12. The predicted octanol–water partition coefficient (Wildman–Crippen LogP) is -0.442. The molecule has 6 N–H and O–H groups in total. The summed E-state index contributed by atoms with van der Waals surface area (Å²) in [5, 5.41) is 15.8. The van der Waals surface area contributed by atoms with E-state index in [-0.39, 0.29) is 0 Å². The summed E-state index contributed by atoms with van der Waals surface area (Å²) in [6.07, 6.45) is 5.23. The minimum atomic E-state index is -0.799. The van der Waals surface area contributed by atoms with Gasteiger partial charge >= 0.3 is 6.03 Å². The fourth-order valence-electron chi connectivity index (χ4n) is 1.58. The molecule has 2 amide bonds. The number of anilines is 1. The maximum Gasteiger partial charge on any atom is 0.316 e. The van der Waals surface area contributed by atoms with Gasteiger partial charge < -0.3 is 21.9 Å². The molecule has 0 radical (unpaired) electrons. The number of allylic oxidation sites excluding steroid dienone is 1. The number of hydrogen-bond donors (Lipinski definition) is 4. The number of primary amides is 1. The second kappa shape index (κ2) is 4.94. The zero-order valence-electron chi connectivity index (χ0n) is 10.2. The lowest BCUT2D eigenvalue weighted by atomic mass is 10.1.